The van der Waals surface area contributed by atoms with Gasteiger partial charge in [-0.2, -0.15) is 0 Å². The van der Waals surface area contributed by atoms with Crippen LogP contribution in [0, 0.1) is 10.1 Å². The van der Waals surface area contributed by atoms with Crippen molar-refractivity contribution in [2.24, 2.45) is 0 Å². The maximum Gasteiger partial charge on any atom is 0.338 e. The van der Waals surface area contributed by atoms with Crippen LogP contribution in [-0.4, -0.2) is 83.7 Å². The highest BCUT2D eigenvalue weighted by atomic mass is 32.2. The van der Waals surface area contributed by atoms with Gasteiger partial charge < -0.3 is 19.7 Å². The molecule has 0 saturated carbocycles. The number of nitro groups is 1. The molecule has 0 aliphatic carbocycles. The summed E-state index contributed by atoms with van der Waals surface area (Å²) < 4.78 is 10.7. The van der Waals surface area contributed by atoms with Gasteiger partial charge in [0.1, 0.15) is 10.0 Å². The fourth-order valence-electron chi connectivity index (χ4n) is 3.04. The number of morpholine rings is 1. The van der Waals surface area contributed by atoms with Gasteiger partial charge in [-0.1, -0.05) is 24.0 Å². The normalized spacial score (nSPS) is 16.4. The van der Waals surface area contributed by atoms with Crippen LogP contribution in [0.2, 0.25) is 0 Å². The summed E-state index contributed by atoms with van der Waals surface area (Å²) in [5.74, 6) is -1.23. The van der Waals surface area contributed by atoms with Crippen LogP contribution in [0.1, 0.15) is 10.4 Å². The number of ether oxygens (including phenoxy) is 2. The second kappa shape index (κ2) is 10.5. The van der Waals surface area contributed by atoms with Gasteiger partial charge in [-0.15, -0.1) is 0 Å². The molecule has 2 aliphatic rings. The van der Waals surface area contributed by atoms with E-state index in [2.05, 4.69) is 5.32 Å². The smallest absolute Gasteiger partial charge is 0.338 e. The summed E-state index contributed by atoms with van der Waals surface area (Å²) in [6.45, 7) is 1.79. The molecule has 3 rings (SSSR count). The van der Waals surface area contributed by atoms with Crippen molar-refractivity contribution in [2.75, 3.05) is 56.7 Å². The van der Waals surface area contributed by atoms with Gasteiger partial charge in [-0.3, -0.25) is 24.6 Å². The molecule has 2 heterocycles. The van der Waals surface area contributed by atoms with Gasteiger partial charge in [-0.25, -0.2) is 4.79 Å². The fourth-order valence-corrected chi connectivity index (χ4v) is 4.16. The van der Waals surface area contributed by atoms with Gasteiger partial charge in [-0.05, 0) is 12.1 Å². The Morgan fingerprint density at radius 3 is 2.71 bits per heavy atom. The number of benzene rings is 1. The van der Waals surface area contributed by atoms with Crippen LogP contribution in [0.5, 0.6) is 0 Å². The Hall–Kier alpha value is -2.77. The molecule has 0 unspecified atom stereocenters. The molecule has 0 spiro atoms. The molecule has 1 aromatic rings. The number of amides is 2. The quantitative estimate of drug-likeness (QED) is 0.250. The number of carbonyl (C=O) groups excluding carboxylic acids is 3. The summed E-state index contributed by atoms with van der Waals surface area (Å²) in [6.07, 6.45) is 0. The molecule has 166 valence electrons. The Kier molecular flexibility index (Phi) is 7.76. The number of nitrogens with zero attached hydrogens (tertiary/aromatic N) is 3. The molecule has 2 amide bonds. The average Bonchev–Trinajstić information content (AvgIpc) is 3.09. The van der Waals surface area contributed by atoms with Crippen molar-refractivity contribution in [3.63, 3.8) is 0 Å². The Morgan fingerprint density at radius 2 is 2.06 bits per heavy atom. The van der Waals surface area contributed by atoms with Gasteiger partial charge in [0, 0.05) is 32.2 Å². The minimum atomic E-state index is -0.848. The molecule has 0 atom stereocenters. The zero-order valence-electron chi connectivity index (χ0n) is 16.4. The van der Waals surface area contributed by atoms with E-state index >= 15 is 0 Å². The fraction of sp³-hybridized carbons (Fsp3) is 0.444. The monoisotopic (exact) mass is 468 g/mol. The lowest BCUT2D eigenvalue weighted by Gasteiger charge is -2.28. The van der Waals surface area contributed by atoms with E-state index < -0.39 is 23.4 Å². The molecule has 31 heavy (non-hydrogen) atoms. The number of rotatable bonds is 8. The summed E-state index contributed by atoms with van der Waals surface area (Å²) in [5, 5.41) is 14.0. The minimum Gasteiger partial charge on any atom is -0.452 e. The van der Waals surface area contributed by atoms with Crippen LogP contribution in [0.3, 0.4) is 0 Å². The highest BCUT2D eigenvalue weighted by Crippen LogP contribution is 2.30. The van der Waals surface area contributed by atoms with E-state index in [-0.39, 0.29) is 30.2 Å². The average molecular weight is 469 g/mol. The van der Waals surface area contributed by atoms with E-state index in [0.717, 1.165) is 6.07 Å². The molecule has 2 fully saturated rings. The van der Waals surface area contributed by atoms with E-state index in [1.165, 1.54) is 28.8 Å². The van der Waals surface area contributed by atoms with Crippen LogP contribution in [0.25, 0.3) is 0 Å². The Bertz CT molecular complexity index is 889. The lowest BCUT2D eigenvalue weighted by atomic mass is 10.1. The molecule has 2 aliphatic heterocycles. The molecular weight excluding hydrogens is 448 g/mol. The number of hydrogen-bond acceptors (Lipinski definition) is 10. The summed E-state index contributed by atoms with van der Waals surface area (Å²) >= 11 is 6.31. The summed E-state index contributed by atoms with van der Waals surface area (Å²) in [7, 11) is 0. The number of nitro benzene ring substituents is 1. The van der Waals surface area contributed by atoms with Crippen molar-refractivity contribution >= 4 is 57.5 Å². The predicted molar refractivity (Wildman–Crippen MR) is 116 cm³/mol. The van der Waals surface area contributed by atoms with E-state index in [1.807, 2.05) is 4.90 Å². The van der Waals surface area contributed by atoms with E-state index in [1.54, 1.807) is 0 Å². The summed E-state index contributed by atoms with van der Waals surface area (Å²) in [6, 6.07) is 4.06. The third kappa shape index (κ3) is 5.89. The molecule has 1 N–H and O–H groups in total. The van der Waals surface area contributed by atoms with Crippen LogP contribution >= 0.6 is 24.0 Å². The topological polar surface area (TPSA) is 131 Å². The molecule has 11 nitrogen and oxygen atoms in total. The van der Waals surface area contributed by atoms with Crippen LogP contribution in [0.15, 0.2) is 18.2 Å². The van der Waals surface area contributed by atoms with Crippen LogP contribution < -0.4 is 10.2 Å². The van der Waals surface area contributed by atoms with Crippen molar-refractivity contribution in [2.45, 2.75) is 0 Å². The second-order valence-electron chi connectivity index (χ2n) is 6.59. The lowest BCUT2D eigenvalue weighted by molar-refractivity contribution is -0.384. The predicted octanol–water partition coefficient (Wildman–Crippen LogP) is 0.565. The number of carbonyl (C=O) groups is 3. The highest BCUT2D eigenvalue weighted by Gasteiger charge is 2.26. The van der Waals surface area contributed by atoms with Crippen molar-refractivity contribution in [3.8, 4) is 0 Å². The number of hydrogen-bond donors (Lipinski definition) is 1. The molecule has 1 aromatic carbocycles. The van der Waals surface area contributed by atoms with Crippen molar-refractivity contribution in [1.29, 1.82) is 0 Å². The molecule has 0 bridgehead atoms. The molecular formula is C18H20N4O7S2. The van der Waals surface area contributed by atoms with E-state index in [4.69, 9.17) is 21.7 Å². The standard InChI is InChI=1S/C18H20N4O7S2/c23-15(19-3-4-21-16(24)11-31-18(21)30)10-29-17(25)12-1-2-13(14(9-12)22(26)27)20-5-7-28-8-6-20/h1-2,9H,3-8,10-11H2,(H,19,23). The SMILES string of the molecule is O=C(COC(=O)c1ccc(N2CCOCC2)c([N+](=O)[O-])c1)NCCN1C(=O)CSC1=S. The zero-order chi connectivity index (χ0) is 22.4. The maximum absolute atomic E-state index is 12.2. The maximum atomic E-state index is 12.2. The Morgan fingerprint density at radius 1 is 1.32 bits per heavy atom. The Balaban J connectivity index is 1.52. The number of nitrogens with one attached hydrogen (secondary N) is 1. The number of thioether (sulfide) groups is 1. The summed E-state index contributed by atoms with van der Waals surface area (Å²) in [5.41, 5.74) is 0.154. The van der Waals surface area contributed by atoms with Gasteiger partial charge in [0.25, 0.3) is 11.6 Å². The van der Waals surface area contributed by atoms with E-state index in [9.17, 15) is 24.5 Å². The van der Waals surface area contributed by atoms with Crippen molar-refractivity contribution in [3.05, 3.63) is 33.9 Å². The first-order valence-electron chi connectivity index (χ1n) is 9.39. The summed E-state index contributed by atoms with van der Waals surface area (Å²) in [4.78, 5) is 49.9. The lowest BCUT2D eigenvalue weighted by Crippen LogP contribution is -2.38. The van der Waals surface area contributed by atoms with Crippen LogP contribution in [0.4, 0.5) is 11.4 Å². The largest absolute Gasteiger partial charge is 0.452 e. The molecule has 0 radical (unpaired) electrons. The first-order chi connectivity index (χ1) is 14.9. The third-order valence-corrected chi connectivity index (χ3v) is 6.02. The first kappa shape index (κ1) is 22.9. The number of esters is 1. The molecule has 0 aromatic heterocycles. The van der Waals surface area contributed by atoms with Gasteiger partial charge in [0.15, 0.2) is 6.61 Å². The number of thiocarbonyl (C=S) groups is 1. The minimum absolute atomic E-state index is 0.0263. The number of anilines is 1. The van der Waals surface area contributed by atoms with E-state index in [0.29, 0.717) is 42.1 Å². The van der Waals surface area contributed by atoms with Crippen molar-refractivity contribution in [1.82, 2.24) is 10.2 Å². The highest BCUT2D eigenvalue weighted by molar-refractivity contribution is 8.23. The Labute approximate surface area is 187 Å². The van der Waals surface area contributed by atoms with Crippen molar-refractivity contribution < 1.29 is 28.8 Å². The zero-order valence-corrected chi connectivity index (χ0v) is 18.0. The molecule has 2 saturated heterocycles. The second-order valence-corrected chi connectivity index (χ2v) is 8.20. The van der Waals surface area contributed by atoms with Gasteiger partial charge >= 0.3 is 5.97 Å². The molecule has 13 heteroatoms. The first-order valence-corrected chi connectivity index (χ1v) is 10.8. The van der Waals surface area contributed by atoms with Gasteiger partial charge in [0.2, 0.25) is 5.91 Å². The third-order valence-electron chi connectivity index (χ3n) is 4.59. The van der Waals surface area contributed by atoms with Crippen LogP contribution in [-0.2, 0) is 19.1 Å². The van der Waals surface area contributed by atoms with Gasteiger partial charge in [0.05, 0.1) is 29.5 Å².